The largest absolute Gasteiger partial charge is 0.496 e. The maximum absolute atomic E-state index is 13.8. The zero-order valence-corrected chi connectivity index (χ0v) is 11.7. The summed E-state index contributed by atoms with van der Waals surface area (Å²) in [5, 5.41) is 9.87. The zero-order valence-electron chi connectivity index (χ0n) is 11.0. The molecule has 0 amide bonds. The first-order valence-corrected chi connectivity index (χ1v) is 6.29. The van der Waals surface area contributed by atoms with E-state index >= 15 is 0 Å². The standard InChI is InChI=1S/C15H13ClF2O2/c1-8-5-9(3-4-14(8)20-2)15(19)10-6-13(18)11(16)7-12(10)17/h3-7,15,19H,1-2H3. The minimum absolute atomic E-state index is 0.156. The fourth-order valence-electron chi connectivity index (χ4n) is 2.00. The minimum atomic E-state index is -1.27. The van der Waals surface area contributed by atoms with Crippen LogP contribution in [-0.2, 0) is 0 Å². The molecule has 1 N–H and O–H groups in total. The summed E-state index contributed by atoms with van der Waals surface area (Å²) in [6, 6.07) is 6.68. The van der Waals surface area contributed by atoms with E-state index in [1.807, 2.05) is 0 Å². The van der Waals surface area contributed by atoms with E-state index in [2.05, 4.69) is 0 Å². The van der Waals surface area contributed by atoms with Gasteiger partial charge in [0.1, 0.15) is 23.5 Å². The van der Waals surface area contributed by atoms with Gasteiger partial charge in [-0.1, -0.05) is 17.7 Å². The second-order valence-corrected chi connectivity index (χ2v) is 4.83. The predicted octanol–water partition coefficient (Wildman–Crippen LogP) is 4.02. The number of hydrogen-bond acceptors (Lipinski definition) is 2. The lowest BCUT2D eigenvalue weighted by Crippen LogP contribution is -2.04. The fourth-order valence-corrected chi connectivity index (χ4v) is 2.15. The smallest absolute Gasteiger partial charge is 0.142 e. The molecule has 0 fully saturated rings. The number of ether oxygens (including phenoxy) is 1. The number of hydrogen-bond donors (Lipinski definition) is 1. The Labute approximate surface area is 120 Å². The first kappa shape index (κ1) is 14.8. The Kier molecular flexibility index (Phi) is 4.26. The highest BCUT2D eigenvalue weighted by Gasteiger charge is 2.18. The summed E-state index contributed by atoms with van der Waals surface area (Å²) in [5.74, 6) is -0.867. The van der Waals surface area contributed by atoms with Gasteiger partial charge in [0.2, 0.25) is 0 Å². The second kappa shape index (κ2) is 5.77. The number of halogens is 3. The van der Waals surface area contributed by atoms with E-state index in [0.717, 1.165) is 17.7 Å². The van der Waals surface area contributed by atoms with Crippen LogP contribution in [0.5, 0.6) is 5.75 Å². The molecule has 0 bridgehead atoms. The van der Waals surface area contributed by atoms with Crippen molar-refractivity contribution in [2.75, 3.05) is 7.11 Å². The third-order valence-corrected chi connectivity index (χ3v) is 3.36. The maximum Gasteiger partial charge on any atom is 0.142 e. The SMILES string of the molecule is COc1ccc(C(O)c2cc(F)c(Cl)cc2F)cc1C. The topological polar surface area (TPSA) is 29.5 Å². The molecule has 2 nitrogen and oxygen atoms in total. The van der Waals surface area contributed by atoms with E-state index in [9.17, 15) is 13.9 Å². The van der Waals surface area contributed by atoms with Crippen molar-refractivity contribution in [2.45, 2.75) is 13.0 Å². The Morgan fingerprint density at radius 3 is 2.45 bits per heavy atom. The number of rotatable bonds is 3. The summed E-state index contributed by atoms with van der Waals surface area (Å²) in [4.78, 5) is 0. The van der Waals surface area contributed by atoms with Crippen molar-refractivity contribution in [3.8, 4) is 5.75 Å². The molecule has 0 saturated carbocycles. The molecule has 0 saturated heterocycles. The molecule has 5 heteroatoms. The Balaban J connectivity index is 2.43. The van der Waals surface area contributed by atoms with Gasteiger partial charge in [-0.15, -0.1) is 0 Å². The van der Waals surface area contributed by atoms with Crippen LogP contribution in [-0.4, -0.2) is 12.2 Å². The molecule has 1 atom stereocenters. The van der Waals surface area contributed by atoms with Crippen LogP contribution < -0.4 is 4.74 Å². The van der Waals surface area contributed by atoms with Gasteiger partial charge in [-0.3, -0.25) is 0 Å². The normalized spacial score (nSPS) is 12.3. The monoisotopic (exact) mass is 298 g/mol. The second-order valence-electron chi connectivity index (χ2n) is 4.42. The highest BCUT2D eigenvalue weighted by molar-refractivity contribution is 6.30. The van der Waals surface area contributed by atoms with E-state index in [1.165, 1.54) is 7.11 Å². The Morgan fingerprint density at radius 1 is 1.15 bits per heavy atom. The lowest BCUT2D eigenvalue weighted by molar-refractivity contribution is 0.214. The summed E-state index contributed by atoms with van der Waals surface area (Å²) >= 11 is 5.49. The van der Waals surface area contributed by atoms with Crippen molar-refractivity contribution < 1.29 is 18.6 Å². The Bertz CT molecular complexity index is 644. The van der Waals surface area contributed by atoms with Crippen LogP contribution >= 0.6 is 11.6 Å². The summed E-state index contributed by atoms with van der Waals surface area (Å²) in [7, 11) is 1.53. The number of methoxy groups -OCH3 is 1. The fraction of sp³-hybridized carbons (Fsp3) is 0.200. The van der Waals surface area contributed by atoms with E-state index in [-0.39, 0.29) is 10.6 Å². The highest BCUT2D eigenvalue weighted by Crippen LogP contribution is 2.30. The average molecular weight is 299 g/mol. The lowest BCUT2D eigenvalue weighted by atomic mass is 9.99. The minimum Gasteiger partial charge on any atom is -0.496 e. The van der Waals surface area contributed by atoms with E-state index in [0.29, 0.717) is 11.3 Å². The number of benzene rings is 2. The van der Waals surface area contributed by atoms with Crippen LogP contribution in [0.3, 0.4) is 0 Å². The molecule has 0 radical (unpaired) electrons. The van der Waals surface area contributed by atoms with Crippen molar-refractivity contribution in [1.82, 2.24) is 0 Å². The molecule has 106 valence electrons. The number of aryl methyl sites for hydroxylation is 1. The van der Waals surface area contributed by atoms with Crippen molar-refractivity contribution in [2.24, 2.45) is 0 Å². The van der Waals surface area contributed by atoms with Crippen molar-refractivity contribution >= 4 is 11.6 Å². The van der Waals surface area contributed by atoms with Crippen LogP contribution in [0.2, 0.25) is 5.02 Å². The molecular formula is C15H13ClF2O2. The highest BCUT2D eigenvalue weighted by atomic mass is 35.5. The number of aliphatic hydroxyl groups is 1. The van der Waals surface area contributed by atoms with Gasteiger partial charge in [0.25, 0.3) is 0 Å². The lowest BCUT2D eigenvalue weighted by Gasteiger charge is -2.15. The molecule has 2 aromatic rings. The molecule has 2 rings (SSSR count). The van der Waals surface area contributed by atoms with E-state index < -0.39 is 17.7 Å². The maximum atomic E-state index is 13.8. The van der Waals surface area contributed by atoms with Crippen LogP contribution in [0.1, 0.15) is 22.8 Å². The predicted molar refractivity (Wildman–Crippen MR) is 73.2 cm³/mol. The zero-order chi connectivity index (χ0) is 14.9. The van der Waals surface area contributed by atoms with Gasteiger partial charge in [-0.25, -0.2) is 8.78 Å². The molecule has 0 aliphatic rings. The number of aliphatic hydroxyl groups excluding tert-OH is 1. The van der Waals surface area contributed by atoms with Crippen molar-refractivity contribution in [3.05, 3.63) is 63.7 Å². The van der Waals surface area contributed by atoms with E-state index in [1.54, 1.807) is 25.1 Å². The molecule has 2 aromatic carbocycles. The molecular weight excluding hydrogens is 286 g/mol. The van der Waals surface area contributed by atoms with Crippen LogP contribution in [0.15, 0.2) is 30.3 Å². The Morgan fingerprint density at radius 2 is 1.85 bits per heavy atom. The van der Waals surface area contributed by atoms with Gasteiger partial charge in [0.15, 0.2) is 0 Å². The summed E-state index contributed by atoms with van der Waals surface area (Å²) in [6.07, 6.45) is -1.27. The summed E-state index contributed by atoms with van der Waals surface area (Å²) in [5.41, 5.74) is 1.08. The van der Waals surface area contributed by atoms with Crippen LogP contribution in [0.4, 0.5) is 8.78 Å². The summed E-state index contributed by atoms with van der Waals surface area (Å²) < 4.78 is 32.3. The van der Waals surface area contributed by atoms with Gasteiger partial charge in [0.05, 0.1) is 12.1 Å². The average Bonchev–Trinajstić information content (AvgIpc) is 2.42. The van der Waals surface area contributed by atoms with E-state index in [4.69, 9.17) is 16.3 Å². The molecule has 0 spiro atoms. The van der Waals surface area contributed by atoms with Crippen molar-refractivity contribution in [3.63, 3.8) is 0 Å². The van der Waals surface area contributed by atoms with Gasteiger partial charge in [-0.05, 0) is 42.3 Å². The van der Waals surface area contributed by atoms with Crippen LogP contribution in [0, 0.1) is 18.6 Å². The third-order valence-electron chi connectivity index (χ3n) is 3.07. The van der Waals surface area contributed by atoms with Gasteiger partial charge >= 0.3 is 0 Å². The first-order valence-electron chi connectivity index (χ1n) is 5.91. The van der Waals surface area contributed by atoms with Gasteiger partial charge in [-0.2, -0.15) is 0 Å². The van der Waals surface area contributed by atoms with Gasteiger partial charge < -0.3 is 9.84 Å². The molecule has 0 aliphatic heterocycles. The Hall–Kier alpha value is -1.65. The van der Waals surface area contributed by atoms with Crippen LogP contribution in [0.25, 0.3) is 0 Å². The molecule has 0 aliphatic carbocycles. The molecule has 1 unspecified atom stereocenters. The molecule has 0 aromatic heterocycles. The molecule has 20 heavy (non-hydrogen) atoms. The molecule has 0 heterocycles. The first-order chi connectivity index (χ1) is 9.43. The van der Waals surface area contributed by atoms with Gasteiger partial charge in [0, 0.05) is 5.56 Å². The van der Waals surface area contributed by atoms with Crippen molar-refractivity contribution in [1.29, 1.82) is 0 Å². The third kappa shape index (κ3) is 2.76. The summed E-state index contributed by atoms with van der Waals surface area (Å²) in [6.45, 7) is 1.80. The quantitative estimate of drug-likeness (QED) is 0.867.